The number of hydrogen-bond acceptors (Lipinski definition) is 6. The van der Waals surface area contributed by atoms with Gasteiger partial charge in [-0.05, 0) is 30.7 Å². The molecule has 7 heteroatoms. The third kappa shape index (κ3) is 7.64. The Morgan fingerprint density at radius 1 is 1.23 bits per heavy atom. The van der Waals surface area contributed by atoms with Crippen molar-refractivity contribution in [2.75, 3.05) is 33.5 Å². The molecule has 0 spiro atoms. The maximum absolute atomic E-state index is 12.0. The van der Waals surface area contributed by atoms with E-state index in [1.165, 1.54) is 6.08 Å². The number of ether oxygens (including phenoxy) is 3. The van der Waals surface area contributed by atoms with E-state index in [4.69, 9.17) is 19.5 Å². The van der Waals surface area contributed by atoms with E-state index in [0.29, 0.717) is 16.9 Å². The summed E-state index contributed by atoms with van der Waals surface area (Å²) in [4.78, 5) is 23.1. The van der Waals surface area contributed by atoms with E-state index in [1.54, 1.807) is 38.3 Å². The third-order valence-electron chi connectivity index (χ3n) is 3.13. The van der Waals surface area contributed by atoms with Crippen LogP contribution in [-0.2, 0) is 19.1 Å². The van der Waals surface area contributed by atoms with Crippen molar-refractivity contribution in [1.29, 1.82) is 5.26 Å². The van der Waals surface area contributed by atoms with Crippen molar-refractivity contribution in [2.24, 2.45) is 0 Å². The first-order valence-electron chi connectivity index (χ1n) is 7.92. The van der Waals surface area contributed by atoms with E-state index < -0.39 is 11.9 Å². The number of nitrogens with zero attached hydrogens (tertiary/aromatic N) is 1. The lowest BCUT2D eigenvalue weighted by atomic mass is 10.1. The standard InChI is InChI=1S/C19H22N2O5/c1-14(2)19(23)26-11-10-25-9-8-21-18(22)16(13-20)12-15-4-6-17(24-3)7-5-15/h4-7,12H,1,8-11H2,2-3H3,(H,21,22)/b16-12+. The number of esters is 1. The Morgan fingerprint density at radius 2 is 1.92 bits per heavy atom. The molecule has 1 rings (SSSR count). The van der Waals surface area contributed by atoms with Crippen molar-refractivity contribution in [3.8, 4) is 11.8 Å². The smallest absolute Gasteiger partial charge is 0.333 e. The number of benzene rings is 1. The minimum Gasteiger partial charge on any atom is -0.497 e. The molecule has 0 aromatic heterocycles. The zero-order chi connectivity index (χ0) is 19.4. The van der Waals surface area contributed by atoms with E-state index >= 15 is 0 Å². The van der Waals surface area contributed by atoms with Gasteiger partial charge in [0, 0.05) is 12.1 Å². The fraction of sp³-hybridized carbons (Fsp3) is 0.316. The van der Waals surface area contributed by atoms with E-state index in [1.807, 2.05) is 6.07 Å². The summed E-state index contributed by atoms with van der Waals surface area (Å²) in [7, 11) is 1.56. The number of amides is 1. The van der Waals surface area contributed by atoms with Gasteiger partial charge >= 0.3 is 5.97 Å². The molecular weight excluding hydrogens is 336 g/mol. The van der Waals surface area contributed by atoms with Gasteiger partial charge < -0.3 is 19.5 Å². The normalized spacial score (nSPS) is 10.6. The number of carbonyl (C=O) groups is 2. The number of methoxy groups -OCH3 is 1. The van der Waals surface area contributed by atoms with Gasteiger partial charge in [-0.1, -0.05) is 18.7 Å². The van der Waals surface area contributed by atoms with Crippen molar-refractivity contribution in [3.05, 3.63) is 47.6 Å². The Hall–Kier alpha value is -3.11. The van der Waals surface area contributed by atoms with Gasteiger partial charge in [-0.15, -0.1) is 0 Å². The number of nitrogens with one attached hydrogen (secondary N) is 1. The summed E-state index contributed by atoms with van der Waals surface area (Å²) < 4.78 is 15.1. The lowest BCUT2D eigenvalue weighted by molar-refractivity contribution is -0.140. The average Bonchev–Trinajstić information content (AvgIpc) is 2.65. The van der Waals surface area contributed by atoms with E-state index in [-0.39, 0.29) is 31.9 Å². The SMILES string of the molecule is C=C(C)C(=O)OCCOCCNC(=O)/C(C#N)=C/c1ccc(OC)cc1. The van der Waals surface area contributed by atoms with Crippen molar-refractivity contribution in [1.82, 2.24) is 5.32 Å². The van der Waals surface area contributed by atoms with E-state index in [2.05, 4.69) is 11.9 Å². The molecule has 0 bridgehead atoms. The minimum atomic E-state index is -0.486. The molecule has 0 saturated carbocycles. The minimum absolute atomic E-state index is 0.00875. The van der Waals surface area contributed by atoms with Crippen LogP contribution < -0.4 is 10.1 Å². The summed E-state index contributed by atoms with van der Waals surface area (Å²) in [6.07, 6.45) is 1.49. The molecule has 0 aliphatic carbocycles. The van der Waals surface area contributed by atoms with Gasteiger partial charge in [-0.25, -0.2) is 4.79 Å². The van der Waals surface area contributed by atoms with Gasteiger partial charge in [0.15, 0.2) is 0 Å². The van der Waals surface area contributed by atoms with Crippen LogP contribution in [0.2, 0.25) is 0 Å². The zero-order valence-electron chi connectivity index (χ0n) is 14.9. The van der Waals surface area contributed by atoms with Crippen molar-refractivity contribution in [3.63, 3.8) is 0 Å². The second-order valence-corrected chi connectivity index (χ2v) is 5.23. The van der Waals surface area contributed by atoms with Crippen LogP contribution >= 0.6 is 0 Å². The molecular formula is C19H22N2O5. The molecule has 1 amide bonds. The Kier molecular flexibility index (Phi) is 9.22. The van der Waals surface area contributed by atoms with Gasteiger partial charge in [-0.3, -0.25) is 4.79 Å². The van der Waals surface area contributed by atoms with Gasteiger partial charge in [0.25, 0.3) is 5.91 Å². The zero-order valence-corrected chi connectivity index (χ0v) is 14.9. The Labute approximate surface area is 152 Å². The summed E-state index contributed by atoms with van der Waals surface area (Å²) >= 11 is 0. The van der Waals surface area contributed by atoms with Crippen LogP contribution in [0, 0.1) is 11.3 Å². The second kappa shape index (κ2) is 11.4. The highest BCUT2D eigenvalue weighted by molar-refractivity contribution is 6.01. The van der Waals surface area contributed by atoms with Crippen molar-refractivity contribution >= 4 is 18.0 Å². The summed E-state index contributed by atoms with van der Waals surface area (Å²) in [5, 5.41) is 11.7. The van der Waals surface area contributed by atoms with Gasteiger partial charge in [-0.2, -0.15) is 5.26 Å². The number of hydrogen-bond donors (Lipinski definition) is 1. The molecule has 0 saturated heterocycles. The molecule has 138 valence electrons. The van der Waals surface area contributed by atoms with Crippen LogP contribution in [0.1, 0.15) is 12.5 Å². The largest absolute Gasteiger partial charge is 0.497 e. The van der Waals surface area contributed by atoms with Crippen LogP contribution in [0.15, 0.2) is 42.0 Å². The maximum atomic E-state index is 12.0. The van der Waals surface area contributed by atoms with Crippen molar-refractivity contribution < 1.29 is 23.8 Å². The number of carbonyl (C=O) groups excluding carboxylic acids is 2. The van der Waals surface area contributed by atoms with E-state index in [0.717, 1.165) is 0 Å². The molecule has 0 radical (unpaired) electrons. The molecule has 1 aromatic rings. The fourth-order valence-corrected chi connectivity index (χ4v) is 1.77. The first-order chi connectivity index (χ1) is 12.5. The first-order valence-corrected chi connectivity index (χ1v) is 7.92. The summed E-state index contributed by atoms with van der Waals surface area (Å²) in [6, 6.07) is 8.86. The molecule has 26 heavy (non-hydrogen) atoms. The Bertz CT molecular complexity index is 702. The van der Waals surface area contributed by atoms with Crippen LogP contribution in [0.4, 0.5) is 0 Å². The lowest BCUT2D eigenvalue weighted by Gasteiger charge is -2.07. The monoisotopic (exact) mass is 358 g/mol. The summed E-state index contributed by atoms with van der Waals surface area (Å²) in [5.41, 5.74) is 1.03. The topological polar surface area (TPSA) is 97.6 Å². The molecule has 0 unspecified atom stereocenters. The quantitative estimate of drug-likeness (QED) is 0.297. The molecule has 0 heterocycles. The fourth-order valence-electron chi connectivity index (χ4n) is 1.77. The number of rotatable bonds is 10. The number of nitriles is 1. The summed E-state index contributed by atoms with van der Waals surface area (Å²) in [5.74, 6) is -0.263. The Morgan fingerprint density at radius 3 is 2.50 bits per heavy atom. The van der Waals surface area contributed by atoms with Crippen LogP contribution in [0.3, 0.4) is 0 Å². The Balaban J connectivity index is 2.34. The second-order valence-electron chi connectivity index (χ2n) is 5.23. The van der Waals surface area contributed by atoms with Gasteiger partial charge in [0.1, 0.15) is 24.0 Å². The molecule has 0 fully saturated rings. The molecule has 0 atom stereocenters. The molecule has 1 N–H and O–H groups in total. The molecule has 0 aliphatic heterocycles. The van der Waals surface area contributed by atoms with Crippen LogP contribution in [0.5, 0.6) is 5.75 Å². The van der Waals surface area contributed by atoms with E-state index in [9.17, 15) is 9.59 Å². The predicted octanol–water partition coefficient (Wildman–Crippen LogP) is 1.85. The van der Waals surface area contributed by atoms with Gasteiger partial charge in [0.2, 0.25) is 0 Å². The lowest BCUT2D eigenvalue weighted by Crippen LogP contribution is -2.28. The molecule has 1 aromatic carbocycles. The maximum Gasteiger partial charge on any atom is 0.333 e. The molecule has 0 aliphatic rings. The van der Waals surface area contributed by atoms with Crippen LogP contribution in [0.25, 0.3) is 6.08 Å². The van der Waals surface area contributed by atoms with Gasteiger partial charge in [0.05, 0.1) is 20.3 Å². The highest BCUT2D eigenvalue weighted by Gasteiger charge is 2.08. The molecule has 7 nitrogen and oxygen atoms in total. The average molecular weight is 358 g/mol. The highest BCUT2D eigenvalue weighted by Crippen LogP contribution is 2.13. The third-order valence-corrected chi connectivity index (χ3v) is 3.13. The van der Waals surface area contributed by atoms with Crippen LogP contribution in [-0.4, -0.2) is 45.4 Å². The summed E-state index contributed by atoms with van der Waals surface area (Å²) in [6.45, 7) is 5.81. The first kappa shape index (κ1) is 20.9. The van der Waals surface area contributed by atoms with Crippen molar-refractivity contribution in [2.45, 2.75) is 6.92 Å². The predicted molar refractivity (Wildman–Crippen MR) is 96.2 cm³/mol. The highest BCUT2D eigenvalue weighted by atomic mass is 16.6.